The molecule has 0 radical (unpaired) electrons. The highest BCUT2D eigenvalue weighted by molar-refractivity contribution is 7.89. The normalized spacial score (nSPS) is 16.6. The fraction of sp³-hybridized carbons (Fsp3) is 0.611. The van der Waals surface area contributed by atoms with Gasteiger partial charge in [-0.3, -0.25) is 4.79 Å². The van der Waals surface area contributed by atoms with E-state index < -0.39 is 34.6 Å². The van der Waals surface area contributed by atoms with Crippen LogP contribution in [-0.4, -0.2) is 44.5 Å². The van der Waals surface area contributed by atoms with Crippen LogP contribution in [0.25, 0.3) is 0 Å². The molecule has 1 N–H and O–H groups in total. The Hall–Kier alpha value is -1.81. The first-order valence-electron chi connectivity index (χ1n) is 9.15. The van der Waals surface area contributed by atoms with Crippen LogP contribution in [0.3, 0.4) is 0 Å². The van der Waals surface area contributed by atoms with E-state index in [2.05, 4.69) is 5.32 Å². The summed E-state index contributed by atoms with van der Waals surface area (Å²) in [6.07, 6.45) is -1.15. The maximum absolute atomic E-state index is 12.9. The molecule has 0 atom stereocenters. The van der Waals surface area contributed by atoms with Crippen LogP contribution in [0.4, 0.5) is 18.9 Å². The van der Waals surface area contributed by atoms with E-state index in [1.54, 1.807) is 13.8 Å². The first-order valence-corrected chi connectivity index (χ1v) is 10.6. The van der Waals surface area contributed by atoms with Crippen molar-refractivity contribution < 1.29 is 31.1 Å². The molecule has 0 aromatic heterocycles. The number of ether oxygens (including phenoxy) is 1. The van der Waals surface area contributed by atoms with E-state index >= 15 is 0 Å². The zero-order valence-corrected chi connectivity index (χ0v) is 16.7. The number of anilines is 1. The summed E-state index contributed by atoms with van der Waals surface area (Å²) in [7, 11) is -3.82. The van der Waals surface area contributed by atoms with Crippen molar-refractivity contribution in [1.29, 1.82) is 0 Å². The summed E-state index contributed by atoms with van der Waals surface area (Å²) in [4.78, 5) is 11.9. The second-order valence-corrected chi connectivity index (χ2v) is 8.96. The second-order valence-electron chi connectivity index (χ2n) is 7.02. The maximum Gasteiger partial charge on any atom is 0.422 e. The highest BCUT2D eigenvalue weighted by atomic mass is 32.2. The van der Waals surface area contributed by atoms with Crippen LogP contribution in [0.15, 0.2) is 23.1 Å². The van der Waals surface area contributed by atoms with Gasteiger partial charge < -0.3 is 10.1 Å². The van der Waals surface area contributed by atoms with E-state index in [1.165, 1.54) is 10.4 Å². The second kappa shape index (κ2) is 9.13. The molecule has 0 spiro atoms. The Morgan fingerprint density at radius 2 is 1.79 bits per heavy atom. The lowest BCUT2D eigenvalue weighted by Crippen LogP contribution is -2.32. The van der Waals surface area contributed by atoms with Crippen molar-refractivity contribution in [1.82, 2.24) is 4.31 Å². The van der Waals surface area contributed by atoms with E-state index in [0.29, 0.717) is 13.1 Å². The molecule has 0 bridgehead atoms. The number of hydrogen-bond acceptors (Lipinski definition) is 4. The van der Waals surface area contributed by atoms with Crippen LogP contribution in [0.1, 0.15) is 39.5 Å². The monoisotopic (exact) mass is 422 g/mol. The van der Waals surface area contributed by atoms with Gasteiger partial charge in [0.2, 0.25) is 15.9 Å². The van der Waals surface area contributed by atoms with E-state index in [4.69, 9.17) is 4.74 Å². The van der Waals surface area contributed by atoms with Crippen LogP contribution < -0.4 is 10.1 Å². The molecule has 0 saturated carbocycles. The van der Waals surface area contributed by atoms with Gasteiger partial charge in [-0.05, 0) is 31.0 Å². The third kappa shape index (κ3) is 6.10. The van der Waals surface area contributed by atoms with Crippen molar-refractivity contribution >= 4 is 21.6 Å². The highest BCUT2D eigenvalue weighted by Gasteiger charge is 2.30. The van der Waals surface area contributed by atoms with Gasteiger partial charge in [0.1, 0.15) is 5.75 Å². The van der Waals surface area contributed by atoms with E-state index in [1.807, 2.05) is 0 Å². The van der Waals surface area contributed by atoms with Gasteiger partial charge in [-0.1, -0.05) is 26.7 Å². The van der Waals surface area contributed by atoms with Crippen molar-refractivity contribution in [2.45, 2.75) is 50.6 Å². The Morgan fingerprint density at radius 3 is 2.32 bits per heavy atom. The lowest BCUT2D eigenvalue weighted by atomic mass is 10.2. The predicted octanol–water partition coefficient (Wildman–Crippen LogP) is 3.79. The molecular formula is C18H25F3N2O4S. The third-order valence-corrected chi connectivity index (χ3v) is 6.22. The molecule has 1 aromatic carbocycles. The summed E-state index contributed by atoms with van der Waals surface area (Å²) in [6.45, 7) is 2.47. The van der Waals surface area contributed by atoms with Crippen LogP contribution in [-0.2, 0) is 14.8 Å². The van der Waals surface area contributed by atoms with E-state index in [9.17, 15) is 26.4 Å². The smallest absolute Gasteiger partial charge is 0.422 e. The molecule has 6 nitrogen and oxygen atoms in total. The van der Waals surface area contributed by atoms with Crippen molar-refractivity contribution in [2.75, 3.05) is 25.0 Å². The Kier molecular flexibility index (Phi) is 7.33. The molecule has 28 heavy (non-hydrogen) atoms. The van der Waals surface area contributed by atoms with Crippen molar-refractivity contribution in [2.24, 2.45) is 5.92 Å². The molecule has 1 aliphatic heterocycles. The van der Waals surface area contributed by atoms with Gasteiger partial charge in [-0.15, -0.1) is 0 Å². The summed E-state index contributed by atoms with van der Waals surface area (Å²) in [5, 5.41) is 2.46. The molecule has 10 heteroatoms. The molecule has 0 unspecified atom stereocenters. The number of carbonyl (C=O) groups excluding carboxylic acids is 1. The minimum atomic E-state index is -4.56. The Balaban J connectivity index is 2.36. The molecule has 2 rings (SSSR count). The average molecular weight is 422 g/mol. The van der Waals surface area contributed by atoms with Gasteiger partial charge in [0.15, 0.2) is 6.61 Å². The number of nitrogens with one attached hydrogen (secondary N) is 1. The molecule has 1 aromatic rings. The van der Waals surface area contributed by atoms with Crippen molar-refractivity contribution in [3.8, 4) is 5.75 Å². The van der Waals surface area contributed by atoms with Crippen LogP contribution in [0.5, 0.6) is 5.75 Å². The molecule has 1 amide bonds. The van der Waals surface area contributed by atoms with E-state index in [-0.39, 0.29) is 16.3 Å². The molecule has 1 saturated heterocycles. The SMILES string of the molecule is CC(C)C(=O)Nc1cc(S(=O)(=O)N2CCCCCC2)ccc1OCC(F)(F)F. The fourth-order valence-electron chi connectivity index (χ4n) is 2.76. The quantitative estimate of drug-likeness (QED) is 0.757. The molecular weight excluding hydrogens is 397 g/mol. The molecule has 158 valence electrons. The lowest BCUT2D eigenvalue weighted by molar-refractivity contribution is -0.153. The van der Waals surface area contributed by atoms with Gasteiger partial charge >= 0.3 is 6.18 Å². The van der Waals surface area contributed by atoms with Crippen LogP contribution >= 0.6 is 0 Å². The molecule has 1 heterocycles. The number of benzene rings is 1. The van der Waals surface area contributed by atoms with Crippen molar-refractivity contribution in [3.63, 3.8) is 0 Å². The topological polar surface area (TPSA) is 75.7 Å². The largest absolute Gasteiger partial charge is 0.482 e. The number of hydrogen-bond donors (Lipinski definition) is 1. The molecule has 1 fully saturated rings. The number of carbonyl (C=O) groups is 1. The van der Waals surface area contributed by atoms with Crippen molar-refractivity contribution in [3.05, 3.63) is 18.2 Å². The zero-order valence-electron chi connectivity index (χ0n) is 15.9. The Labute approximate surface area is 163 Å². The predicted molar refractivity (Wildman–Crippen MR) is 98.7 cm³/mol. The van der Waals surface area contributed by atoms with Gasteiger partial charge in [0, 0.05) is 19.0 Å². The van der Waals surface area contributed by atoms with Gasteiger partial charge in [-0.2, -0.15) is 17.5 Å². The number of halogens is 3. The van der Waals surface area contributed by atoms with Crippen LogP contribution in [0, 0.1) is 5.92 Å². The summed E-state index contributed by atoms with van der Waals surface area (Å²) >= 11 is 0. The summed E-state index contributed by atoms with van der Waals surface area (Å²) in [6, 6.07) is 3.51. The Morgan fingerprint density at radius 1 is 1.18 bits per heavy atom. The number of sulfonamides is 1. The Bertz CT molecular complexity index is 787. The first-order chi connectivity index (χ1) is 13.0. The molecule has 0 aliphatic carbocycles. The lowest BCUT2D eigenvalue weighted by Gasteiger charge is -2.21. The zero-order chi connectivity index (χ0) is 20.9. The average Bonchev–Trinajstić information content (AvgIpc) is 2.89. The van der Waals surface area contributed by atoms with E-state index in [0.717, 1.165) is 37.8 Å². The highest BCUT2D eigenvalue weighted by Crippen LogP contribution is 2.31. The number of amides is 1. The fourth-order valence-corrected chi connectivity index (χ4v) is 4.30. The van der Waals surface area contributed by atoms with Gasteiger partial charge in [0.05, 0.1) is 10.6 Å². The first kappa shape index (κ1) is 22.5. The maximum atomic E-state index is 12.9. The minimum Gasteiger partial charge on any atom is -0.482 e. The summed E-state index contributed by atoms with van der Waals surface area (Å²) < 4.78 is 69.5. The van der Waals surface area contributed by atoms with Gasteiger partial charge in [0.25, 0.3) is 0 Å². The summed E-state index contributed by atoms with van der Waals surface area (Å²) in [5.74, 6) is -1.14. The number of alkyl halides is 3. The number of nitrogens with zero attached hydrogens (tertiary/aromatic N) is 1. The number of rotatable bonds is 6. The van der Waals surface area contributed by atoms with Gasteiger partial charge in [-0.25, -0.2) is 8.42 Å². The summed E-state index contributed by atoms with van der Waals surface area (Å²) in [5.41, 5.74) is -0.0983. The third-order valence-electron chi connectivity index (χ3n) is 4.33. The standard InChI is InChI=1S/C18H25F3N2O4S/c1-13(2)17(24)22-15-11-14(7-8-16(15)27-12-18(19,20)21)28(25,26)23-9-5-3-4-6-10-23/h7-8,11,13H,3-6,9-10,12H2,1-2H3,(H,22,24). The molecule has 1 aliphatic rings. The van der Waals surface area contributed by atoms with Crippen LogP contribution in [0.2, 0.25) is 0 Å². The minimum absolute atomic E-state index is 0.0900.